The lowest BCUT2D eigenvalue weighted by molar-refractivity contribution is -0.141. The molecule has 1 N–H and O–H groups in total. The summed E-state index contributed by atoms with van der Waals surface area (Å²) in [6.07, 6.45) is 1.40. The van der Waals surface area contributed by atoms with E-state index in [0.29, 0.717) is 22.4 Å². The molecular weight excluding hydrogens is 262 g/mol. The van der Waals surface area contributed by atoms with Crippen molar-refractivity contribution in [3.8, 4) is 0 Å². The zero-order valence-corrected chi connectivity index (χ0v) is 11.5. The Morgan fingerprint density at radius 3 is 2.85 bits per heavy atom. The molecule has 2 aromatic rings. The SMILES string of the molecule is Cc1noc2ncc(C(=O)N(C)CC(C)C(=O)O)cc12. The van der Waals surface area contributed by atoms with Crippen molar-refractivity contribution in [1.29, 1.82) is 0 Å². The number of hydrogen-bond donors (Lipinski definition) is 1. The van der Waals surface area contributed by atoms with E-state index in [4.69, 9.17) is 9.63 Å². The number of rotatable bonds is 4. The van der Waals surface area contributed by atoms with Gasteiger partial charge in [-0.1, -0.05) is 12.1 Å². The van der Waals surface area contributed by atoms with Gasteiger partial charge in [0.25, 0.3) is 11.6 Å². The van der Waals surface area contributed by atoms with Gasteiger partial charge in [-0.25, -0.2) is 4.98 Å². The lowest BCUT2D eigenvalue weighted by atomic mass is 10.1. The van der Waals surface area contributed by atoms with Crippen molar-refractivity contribution < 1.29 is 19.2 Å². The van der Waals surface area contributed by atoms with Crippen LogP contribution < -0.4 is 0 Å². The average Bonchev–Trinajstić information content (AvgIpc) is 2.78. The number of carboxylic acid groups (broad SMARTS) is 1. The van der Waals surface area contributed by atoms with Crippen LogP contribution in [-0.4, -0.2) is 45.6 Å². The van der Waals surface area contributed by atoms with Crippen molar-refractivity contribution in [3.05, 3.63) is 23.5 Å². The number of aliphatic carboxylic acids is 1. The second-order valence-corrected chi connectivity index (χ2v) is 4.77. The van der Waals surface area contributed by atoms with Gasteiger partial charge < -0.3 is 14.5 Å². The summed E-state index contributed by atoms with van der Waals surface area (Å²) in [7, 11) is 1.56. The number of aromatic nitrogens is 2. The highest BCUT2D eigenvalue weighted by Gasteiger charge is 2.19. The van der Waals surface area contributed by atoms with E-state index in [2.05, 4.69) is 10.1 Å². The largest absolute Gasteiger partial charge is 0.481 e. The van der Waals surface area contributed by atoms with Gasteiger partial charge in [0.15, 0.2) is 0 Å². The van der Waals surface area contributed by atoms with Crippen LogP contribution >= 0.6 is 0 Å². The topological polar surface area (TPSA) is 96.5 Å². The third-order valence-electron chi connectivity index (χ3n) is 3.07. The minimum Gasteiger partial charge on any atom is -0.481 e. The Morgan fingerprint density at radius 1 is 1.50 bits per heavy atom. The minimum atomic E-state index is -0.937. The van der Waals surface area contributed by atoms with E-state index in [1.54, 1.807) is 27.0 Å². The summed E-state index contributed by atoms with van der Waals surface area (Å²) in [6, 6.07) is 1.65. The number of amides is 1. The monoisotopic (exact) mass is 277 g/mol. The molecular formula is C13H15N3O4. The van der Waals surface area contributed by atoms with Gasteiger partial charge in [-0.3, -0.25) is 9.59 Å². The summed E-state index contributed by atoms with van der Waals surface area (Å²) in [5, 5.41) is 13.3. The molecule has 0 bridgehead atoms. The molecule has 1 amide bonds. The molecule has 7 nitrogen and oxygen atoms in total. The smallest absolute Gasteiger partial charge is 0.308 e. The predicted molar refractivity (Wildman–Crippen MR) is 70.3 cm³/mol. The first-order valence-corrected chi connectivity index (χ1v) is 6.10. The van der Waals surface area contributed by atoms with Crippen LogP contribution in [0.3, 0.4) is 0 Å². The molecule has 1 atom stereocenters. The molecule has 0 aromatic carbocycles. The first-order chi connectivity index (χ1) is 9.40. The molecule has 0 aliphatic rings. The molecule has 0 spiro atoms. The third-order valence-corrected chi connectivity index (χ3v) is 3.07. The number of pyridine rings is 1. The number of carbonyl (C=O) groups excluding carboxylic acids is 1. The molecule has 0 aliphatic heterocycles. The van der Waals surface area contributed by atoms with E-state index >= 15 is 0 Å². The van der Waals surface area contributed by atoms with E-state index in [-0.39, 0.29) is 12.5 Å². The Balaban J connectivity index is 2.22. The zero-order chi connectivity index (χ0) is 14.9. The van der Waals surface area contributed by atoms with E-state index in [0.717, 1.165) is 0 Å². The Morgan fingerprint density at radius 2 is 2.20 bits per heavy atom. The Hall–Kier alpha value is -2.44. The van der Waals surface area contributed by atoms with Crippen LogP contribution in [0.25, 0.3) is 11.1 Å². The number of aryl methyl sites for hydroxylation is 1. The van der Waals surface area contributed by atoms with Crippen molar-refractivity contribution in [3.63, 3.8) is 0 Å². The van der Waals surface area contributed by atoms with Crippen molar-refractivity contribution in [2.45, 2.75) is 13.8 Å². The molecule has 7 heteroatoms. The van der Waals surface area contributed by atoms with E-state index in [1.165, 1.54) is 11.1 Å². The van der Waals surface area contributed by atoms with Gasteiger partial charge in [0, 0.05) is 19.8 Å². The van der Waals surface area contributed by atoms with Crippen molar-refractivity contribution >= 4 is 23.0 Å². The molecule has 1 unspecified atom stereocenters. The van der Waals surface area contributed by atoms with Crippen LogP contribution in [0, 0.1) is 12.8 Å². The minimum absolute atomic E-state index is 0.134. The molecule has 0 aliphatic carbocycles. The highest BCUT2D eigenvalue weighted by atomic mass is 16.5. The lowest BCUT2D eigenvalue weighted by Crippen LogP contribution is -2.33. The summed E-state index contributed by atoms with van der Waals surface area (Å²) in [4.78, 5) is 28.4. The maximum atomic E-state index is 12.2. The van der Waals surface area contributed by atoms with E-state index in [1.807, 2.05) is 0 Å². The summed E-state index contributed by atoms with van der Waals surface area (Å²) < 4.78 is 4.98. The number of carbonyl (C=O) groups is 2. The van der Waals surface area contributed by atoms with Gasteiger partial charge in [-0.2, -0.15) is 0 Å². The van der Waals surface area contributed by atoms with Crippen LogP contribution in [0.2, 0.25) is 0 Å². The molecule has 2 heterocycles. The second-order valence-electron chi connectivity index (χ2n) is 4.77. The van der Waals surface area contributed by atoms with Crippen LogP contribution in [0.15, 0.2) is 16.8 Å². The van der Waals surface area contributed by atoms with Gasteiger partial charge in [0.05, 0.1) is 22.6 Å². The van der Waals surface area contributed by atoms with Crippen LogP contribution in [0.4, 0.5) is 0 Å². The Bertz CT molecular complexity index is 665. The maximum absolute atomic E-state index is 12.2. The normalized spacial score (nSPS) is 12.3. The van der Waals surface area contributed by atoms with Gasteiger partial charge in [-0.15, -0.1) is 0 Å². The molecule has 0 saturated heterocycles. The lowest BCUT2D eigenvalue weighted by Gasteiger charge is -2.19. The third kappa shape index (κ3) is 2.61. The first kappa shape index (κ1) is 14.0. The van der Waals surface area contributed by atoms with Crippen LogP contribution in [-0.2, 0) is 4.79 Å². The van der Waals surface area contributed by atoms with E-state index in [9.17, 15) is 9.59 Å². The van der Waals surface area contributed by atoms with Crippen LogP contribution in [0.1, 0.15) is 23.0 Å². The number of hydrogen-bond acceptors (Lipinski definition) is 5. The van der Waals surface area contributed by atoms with Crippen molar-refractivity contribution in [2.75, 3.05) is 13.6 Å². The highest BCUT2D eigenvalue weighted by Crippen LogP contribution is 2.17. The summed E-state index contributed by atoms with van der Waals surface area (Å²) >= 11 is 0. The Kier molecular flexibility index (Phi) is 3.69. The fourth-order valence-corrected chi connectivity index (χ4v) is 1.85. The summed E-state index contributed by atoms with van der Waals surface area (Å²) in [6.45, 7) is 3.45. The molecule has 0 saturated carbocycles. The van der Waals surface area contributed by atoms with Gasteiger partial charge in [0.2, 0.25) is 0 Å². The quantitative estimate of drug-likeness (QED) is 0.905. The van der Waals surface area contributed by atoms with Gasteiger partial charge >= 0.3 is 5.97 Å². The highest BCUT2D eigenvalue weighted by molar-refractivity contribution is 5.97. The Labute approximate surface area is 115 Å². The fourth-order valence-electron chi connectivity index (χ4n) is 1.85. The second kappa shape index (κ2) is 5.28. The van der Waals surface area contributed by atoms with Gasteiger partial charge in [-0.05, 0) is 13.0 Å². The van der Waals surface area contributed by atoms with Crippen molar-refractivity contribution in [2.24, 2.45) is 5.92 Å². The van der Waals surface area contributed by atoms with Gasteiger partial charge in [0.1, 0.15) is 0 Å². The molecule has 2 rings (SSSR count). The number of fused-ring (bicyclic) bond motifs is 1. The molecule has 106 valence electrons. The fraction of sp³-hybridized carbons (Fsp3) is 0.385. The maximum Gasteiger partial charge on any atom is 0.308 e. The number of nitrogens with zero attached hydrogens (tertiary/aromatic N) is 3. The molecule has 2 aromatic heterocycles. The first-order valence-electron chi connectivity index (χ1n) is 6.10. The number of carboxylic acids is 1. The van der Waals surface area contributed by atoms with Crippen molar-refractivity contribution in [1.82, 2.24) is 15.0 Å². The molecule has 0 fully saturated rings. The van der Waals surface area contributed by atoms with E-state index < -0.39 is 11.9 Å². The zero-order valence-electron chi connectivity index (χ0n) is 11.5. The van der Waals surface area contributed by atoms with Crippen LogP contribution in [0.5, 0.6) is 0 Å². The summed E-state index contributed by atoms with van der Waals surface area (Å²) in [5.74, 6) is -1.85. The average molecular weight is 277 g/mol. The molecule has 0 radical (unpaired) electrons. The summed E-state index contributed by atoms with van der Waals surface area (Å²) in [5.41, 5.74) is 1.41. The molecule has 20 heavy (non-hydrogen) atoms. The standard InChI is InChI=1S/C13H15N3O4/c1-7(13(18)19)6-16(3)12(17)9-4-10-8(2)15-20-11(10)14-5-9/h4-5,7H,6H2,1-3H3,(H,18,19). The predicted octanol–water partition coefficient (Wildman–Crippen LogP) is 1.32.